The molecule has 3 aromatic rings. The molecule has 3 rings (SSSR count). The number of nitrogen functional groups attached to an aromatic ring is 1. The second-order valence-electron chi connectivity index (χ2n) is 6.31. The fourth-order valence-corrected chi connectivity index (χ4v) is 2.58. The van der Waals surface area contributed by atoms with Gasteiger partial charge in [-0.15, -0.1) is 0 Å². The molecule has 8 heteroatoms. The number of hydrogen-bond acceptors (Lipinski definition) is 8. The number of hydrogen-bond donors (Lipinski definition) is 2. The number of nitrogens with zero attached hydrogens (tertiary/aromatic N) is 3. The Bertz CT molecular complexity index is 966. The molecule has 0 saturated heterocycles. The van der Waals surface area contributed by atoms with E-state index in [1.807, 2.05) is 56.3 Å². The lowest BCUT2D eigenvalue weighted by molar-refractivity contribution is -0.153. The molecule has 0 radical (unpaired) electrons. The summed E-state index contributed by atoms with van der Waals surface area (Å²) in [5.41, 5.74) is 7.66. The molecule has 2 aromatic carbocycles. The van der Waals surface area contributed by atoms with E-state index in [0.29, 0.717) is 12.2 Å². The van der Waals surface area contributed by atoms with E-state index in [2.05, 4.69) is 20.3 Å². The van der Waals surface area contributed by atoms with Crippen molar-refractivity contribution in [2.45, 2.75) is 33.0 Å². The van der Waals surface area contributed by atoms with Crippen molar-refractivity contribution in [3.8, 4) is 5.75 Å². The van der Waals surface area contributed by atoms with Crippen LogP contribution in [-0.2, 0) is 16.1 Å². The van der Waals surface area contributed by atoms with Crippen LogP contribution in [0.15, 0.2) is 54.6 Å². The first kappa shape index (κ1) is 20.1. The number of nitrogens with two attached hydrogens (primary N) is 1. The van der Waals surface area contributed by atoms with Gasteiger partial charge in [-0.05, 0) is 37.1 Å². The lowest BCUT2D eigenvalue weighted by Gasteiger charge is -2.16. The summed E-state index contributed by atoms with van der Waals surface area (Å²) in [6.07, 6.45) is -0.256. The van der Waals surface area contributed by atoms with Gasteiger partial charge in [-0.1, -0.05) is 43.3 Å². The maximum Gasteiger partial charge on any atom is 0.347 e. The van der Waals surface area contributed by atoms with Crippen LogP contribution in [0.4, 0.5) is 17.6 Å². The quantitative estimate of drug-likeness (QED) is 0.560. The van der Waals surface area contributed by atoms with Crippen LogP contribution in [0, 0.1) is 6.92 Å². The van der Waals surface area contributed by atoms with Crippen LogP contribution in [0.25, 0.3) is 0 Å². The molecule has 0 fully saturated rings. The molecule has 0 amide bonds. The van der Waals surface area contributed by atoms with Gasteiger partial charge in [0.05, 0.1) is 0 Å². The van der Waals surface area contributed by atoms with Crippen LogP contribution in [-0.4, -0.2) is 27.0 Å². The first-order valence-electron chi connectivity index (χ1n) is 9.26. The molecule has 0 aliphatic heterocycles. The van der Waals surface area contributed by atoms with Crippen molar-refractivity contribution in [2.24, 2.45) is 0 Å². The van der Waals surface area contributed by atoms with E-state index >= 15 is 0 Å². The molecule has 1 aromatic heterocycles. The molecule has 0 unspecified atom stereocenters. The van der Waals surface area contributed by atoms with Crippen LogP contribution in [0.3, 0.4) is 0 Å². The number of carbonyl (C=O) groups excluding carboxylic acids is 1. The van der Waals surface area contributed by atoms with Crippen LogP contribution >= 0.6 is 0 Å². The molecule has 0 spiro atoms. The maximum absolute atomic E-state index is 12.4. The summed E-state index contributed by atoms with van der Waals surface area (Å²) in [7, 11) is 0. The van der Waals surface area contributed by atoms with Crippen molar-refractivity contribution >= 4 is 23.6 Å². The standard InChI is InChI=1S/C21H23N5O3/c1-3-17(29-15-10-5-4-6-11-15)19(27)28-13-18-24-20(22)26-21(25-18)23-16-12-8-7-9-14(16)2/h4-12,17H,3,13H2,1-2H3,(H3,22,23,24,25,26)/t17-/m1/s1. The van der Waals surface area contributed by atoms with Crippen molar-refractivity contribution in [1.29, 1.82) is 0 Å². The van der Waals surface area contributed by atoms with E-state index in [9.17, 15) is 4.79 Å². The van der Waals surface area contributed by atoms with E-state index in [0.717, 1.165) is 11.3 Å². The van der Waals surface area contributed by atoms with E-state index in [-0.39, 0.29) is 24.3 Å². The third kappa shape index (κ3) is 5.65. The Morgan fingerprint density at radius 1 is 1.07 bits per heavy atom. The average molecular weight is 393 g/mol. The number of para-hydroxylation sites is 2. The SMILES string of the molecule is CC[C@@H](Oc1ccccc1)C(=O)OCc1nc(N)nc(Nc2ccccc2C)n1. The molecule has 0 saturated carbocycles. The van der Waals surface area contributed by atoms with Crippen LogP contribution in [0.2, 0.25) is 0 Å². The largest absolute Gasteiger partial charge is 0.479 e. The Morgan fingerprint density at radius 2 is 1.79 bits per heavy atom. The van der Waals surface area contributed by atoms with Crippen molar-refractivity contribution < 1.29 is 14.3 Å². The van der Waals surface area contributed by atoms with Gasteiger partial charge < -0.3 is 20.5 Å². The number of aryl methyl sites for hydroxylation is 1. The molecule has 0 bridgehead atoms. The fraction of sp³-hybridized carbons (Fsp3) is 0.238. The van der Waals surface area contributed by atoms with Crippen molar-refractivity contribution in [3.05, 3.63) is 66.0 Å². The molecular weight excluding hydrogens is 370 g/mol. The zero-order chi connectivity index (χ0) is 20.6. The summed E-state index contributed by atoms with van der Waals surface area (Å²) in [4.78, 5) is 24.8. The minimum Gasteiger partial charge on any atom is -0.479 e. The summed E-state index contributed by atoms with van der Waals surface area (Å²) in [5.74, 6) is 0.672. The van der Waals surface area contributed by atoms with Gasteiger partial charge in [0, 0.05) is 5.69 Å². The van der Waals surface area contributed by atoms with Crippen LogP contribution in [0.5, 0.6) is 5.75 Å². The van der Waals surface area contributed by atoms with Gasteiger partial charge in [-0.2, -0.15) is 15.0 Å². The molecular formula is C21H23N5O3. The van der Waals surface area contributed by atoms with Gasteiger partial charge in [-0.25, -0.2) is 4.79 Å². The minimum absolute atomic E-state index is 0.0368. The van der Waals surface area contributed by atoms with E-state index in [4.69, 9.17) is 15.2 Å². The molecule has 0 aliphatic carbocycles. The topological polar surface area (TPSA) is 112 Å². The predicted molar refractivity (Wildman–Crippen MR) is 110 cm³/mol. The number of ether oxygens (including phenoxy) is 2. The highest BCUT2D eigenvalue weighted by molar-refractivity contribution is 5.75. The monoisotopic (exact) mass is 393 g/mol. The van der Waals surface area contributed by atoms with Gasteiger partial charge >= 0.3 is 5.97 Å². The average Bonchev–Trinajstić information content (AvgIpc) is 2.72. The number of aromatic nitrogens is 3. The Morgan fingerprint density at radius 3 is 2.52 bits per heavy atom. The minimum atomic E-state index is -0.721. The highest BCUT2D eigenvalue weighted by Gasteiger charge is 2.21. The smallest absolute Gasteiger partial charge is 0.347 e. The van der Waals surface area contributed by atoms with E-state index in [1.54, 1.807) is 12.1 Å². The molecule has 8 nitrogen and oxygen atoms in total. The Kier molecular flexibility index (Phi) is 6.57. The molecule has 29 heavy (non-hydrogen) atoms. The second-order valence-corrected chi connectivity index (χ2v) is 6.31. The maximum atomic E-state index is 12.4. The van der Waals surface area contributed by atoms with Crippen molar-refractivity contribution in [2.75, 3.05) is 11.1 Å². The number of rotatable bonds is 8. The summed E-state index contributed by atoms with van der Waals surface area (Å²) in [5, 5.41) is 3.10. The highest BCUT2D eigenvalue weighted by atomic mass is 16.6. The third-order valence-electron chi connectivity index (χ3n) is 4.09. The fourth-order valence-electron chi connectivity index (χ4n) is 2.58. The lowest BCUT2D eigenvalue weighted by Crippen LogP contribution is -2.28. The van der Waals surface area contributed by atoms with Gasteiger partial charge in [0.15, 0.2) is 18.5 Å². The zero-order valence-corrected chi connectivity index (χ0v) is 16.3. The Hall–Kier alpha value is -3.68. The summed E-state index contributed by atoms with van der Waals surface area (Å²) < 4.78 is 11.0. The van der Waals surface area contributed by atoms with Gasteiger partial charge in [0.2, 0.25) is 11.9 Å². The zero-order valence-electron chi connectivity index (χ0n) is 16.3. The summed E-state index contributed by atoms with van der Waals surface area (Å²) in [6, 6.07) is 16.8. The summed E-state index contributed by atoms with van der Waals surface area (Å²) >= 11 is 0. The number of nitrogens with one attached hydrogen (secondary N) is 1. The molecule has 1 atom stereocenters. The van der Waals surface area contributed by atoms with E-state index < -0.39 is 12.1 Å². The number of anilines is 3. The van der Waals surface area contributed by atoms with E-state index in [1.165, 1.54) is 0 Å². The van der Waals surface area contributed by atoms with Crippen LogP contribution < -0.4 is 15.8 Å². The Labute approximate surface area is 169 Å². The number of carbonyl (C=O) groups is 1. The van der Waals surface area contributed by atoms with Crippen molar-refractivity contribution in [1.82, 2.24) is 15.0 Å². The molecule has 150 valence electrons. The molecule has 3 N–H and O–H groups in total. The number of benzene rings is 2. The van der Waals surface area contributed by atoms with Gasteiger partial charge in [-0.3, -0.25) is 0 Å². The highest BCUT2D eigenvalue weighted by Crippen LogP contribution is 2.18. The Balaban J connectivity index is 1.64. The third-order valence-corrected chi connectivity index (χ3v) is 4.09. The first-order valence-corrected chi connectivity index (χ1v) is 9.26. The lowest BCUT2D eigenvalue weighted by atomic mass is 10.2. The first-order chi connectivity index (χ1) is 14.0. The summed E-state index contributed by atoms with van der Waals surface area (Å²) in [6.45, 7) is 3.68. The normalized spacial score (nSPS) is 11.5. The second kappa shape index (κ2) is 9.50. The van der Waals surface area contributed by atoms with Crippen molar-refractivity contribution in [3.63, 3.8) is 0 Å². The van der Waals surface area contributed by atoms with Gasteiger partial charge in [0.25, 0.3) is 0 Å². The molecule has 1 heterocycles. The predicted octanol–water partition coefficient (Wildman–Crippen LogP) is 3.41. The number of esters is 1. The van der Waals surface area contributed by atoms with Gasteiger partial charge in [0.1, 0.15) is 5.75 Å². The van der Waals surface area contributed by atoms with Crippen LogP contribution in [0.1, 0.15) is 24.7 Å². The molecule has 0 aliphatic rings.